The molecule has 3 rings (SSSR count). The summed E-state index contributed by atoms with van der Waals surface area (Å²) in [7, 11) is 0. The number of halogens is 1. The molecule has 0 saturated carbocycles. The Morgan fingerprint density at radius 3 is 2.72 bits per heavy atom. The third-order valence-corrected chi connectivity index (χ3v) is 4.53. The number of aliphatic hydroxyl groups excluding tert-OH is 1. The van der Waals surface area contributed by atoms with E-state index in [1.807, 2.05) is 0 Å². The molecule has 2 aliphatic rings. The third kappa shape index (κ3) is 5.17. The lowest BCUT2D eigenvalue weighted by Crippen LogP contribution is -2.51. The number of carbonyl (C=O) groups is 4. The molecule has 1 aromatic carbocycles. The molecule has 3 atom stereocenters. The number of carbonyl (C=O) groups excluding carboxylic acids is 4. The highest BCUT2D eigenvalue weighted by Crippen LogP contribution is 2.13. The van der Waals surface area contributed by atoms with Gasteiger partial charge in [0.1, 0.15) is 17.9 Å². The molecule has 0 bridgehead atoms. The number of ether oxygens (including phenoxy) is 1. The van der Waals surface area contributed by atoms with Gasteiger partial charge in [-0.3, -0.25) is 19.2 Å². The van der Waals surface area contributed by atoms with Crippen LogP contribution in [0.3, 0.4) is 0 Å². The number of esters is 1. The highest BCUT2D eigenvalue weighted by molar-refractivity contribution is 5.98. The van der Waals surface area contributed by atoms with Crippen molar-refractivity contribution in [3.8, 4) is 0 Å². The van der Waals surface area contributed by atoms with Gasteiger partial charge in [0.25, 0.3) is 5.91 Å². The Kier molecular flexibility index (Phi) is 6.23. The average molecular weight is 405 g/mol. The van der Waals surface area contributed by atoms with Gasteiger partial charge in [0.2, 0.25) is 18.1 Å². The summed E-state index contributed by atoms with van der Waals surface area (Å²) < 4.78 is 17.9. The second kappa shape index (κ2) is 8.82. The molecule has 1 fully saturated rings. The van der Waals surface area contributed by atoms with Gasteiger partial charge >= 0.3 is 5.97 Å². The Bertz CT molecular complexity index is 858. The van der Waals surface area contributed by atoms with Gasteiger partial charge in [-0.1, -0.05) is 18.2 Å². The van der Waals surface area contributed by atoms with Crippen LogP contribution in [-0.2, 0) is 19.1 Å². The Hall–Kier alpha value is -3.27. The van der Waals surface area contributed by atoms with E-state index < -0.39 is 47.9 Å². The van der Waals surface area contributed by atoms with Crippen LogP contribution in [-0.4, -0.2) is 65.2 Å². The van der Waals surface area contributed by atoms with Gasteiger partial charge in [-0.25, -0.2) is 4.39 Å². The van der Waals surface area contributed by atoms with Crippen molar-refractivity contribution >= 4 is 23.7 Å². The summed E-state index contributed by atoms with van der Waals surface area (Å²) in [4.78, 5) is 49.7. The summed E-state index contributed by atoms with van der Waals surface area (Å²) in [5.41, 5.74) is 0.0789. The number of rotatable bonds is 5. The first-order chi connectivity index (χ1) is 13.8. The lowest BCUT2D eigenvalue weighted by atomic mass is 10.1. The zero-order valence-corrected chi connectivity index (χ0v) is 15.3. The van der Waals surface area contributed by atoms with Crippen molar-refractivity contribution in [3.05, 3.63) is 47.8 Å². The number of aliphatic hydroxyl groups is 1. The molecule has 3 amide bonds. The van der Waals surface area contributed by atoms with E-state index in [2.05, 4.69) is 15.4 Å². The zero-order valence-electron chi connectivity index (χ0n) is 15.3. The van der Waals surface area contributed by atoms with Crippen molar-refractivity contribution in [2.24, 2.45) is 0 Å². The normalized spacial score (nSPS) is 24.1. The Morgan fingerprint density at radius 1 is 1.24 bits per heavy atom. The van der Waals surface area contributed by atoms with Crippen LogP contribution in [0.4, 0.5) is 4.39 Å². The smallest absolute Gasteiger partial charge is 0.310 e. The molecule has 1 aromatic rings. The highest BCUT2D eigenvalue weighted by Gasteiger charge is 2.35. The van der Waals surface area contributed by atoms with E-state index in [1.54, 1.807) is 12.2 Å². The Balaban J connectivity index is 1.61. The molecule has 2 aliphatic heterocycles. The maximum atomic E-state index is 13.3. The van der Waals surface area contributed by atoms with Crippen LogP contribution in [0.5, 0.6) is 0 Å². The number of benzene rings is 1. The SMILES string of the molecule is O=C(CN1CC=CCC(NC(=O)c2cccc(F)c2)C1=O)NC1CC(=O)OC1O. The molecular weight excluding hydrogens is 385 g/mol. The molecule has 10 heteroatoms. The molecular formula is C19H20FN3O6. The van der Waals surface area contributed by atoms with E-state index in [1.165, 1.54) is 23.1 Å². The summed E-state index contributed by atoms with van der Waals surface area (Å²) in [5.74, 6) is -2.86. The zero-order chi connectivity index (χ0) is 21.0. The van der Waals surface area contributed by atoms with Gasteiger partial charge in [-0.2, -0.15) is 0 Å². The second-order valence-corrected chi connectivity index (χ2v) is 6.72. The molecule has 2 heterocycles. The van der Waals surface area contributed by atoms with Crippen LogP contribution >= 0.6 is 0 Å². The maximum Gasteiger partial charge on any atom is 0.310 e. The van der Waals surface area contributed by atoms with Crippen molar-refractivity contribution in [2.45, 2.75) is 31.2 Å². The van der Waals surface area contributed by atoms with Crippen LogP contribution in [0.15, 0.2) is 36.4 Å². The van der Waals surface area contributed by atoms with Gasteiger partial charge in [-0.05, 0) is 24.6 Å². The van der Waals surface area contributed by atoms with Crippen LogP contribution in [0.1, 0.15) is 23.2 Å². The van der Waals surface area contributed by atoms with E-state index in [9.17, 15) is 28.7 Å². The molecule has 29 heavy (non-hydrogen) atoms. The van der Waals surface area contributed by atoms with Crippen molar-refractivity contribution in [1.29, 1.82) is 0 Å². The van der Waals surface area contributed by atoms with Crippen LogP contribution in [0, 0.1) is 5.82 Å². The van der Waals surface area contributed by atoms with Crippen molar-refractivity contribution in [1.82, 2.24) is 15.5 Å². The van der Waals surface area contributed by atoms with Gasteiger partial charge in [-0.15, -0.1) is 0 Å². The summed E-state index contributed by atoms with van der Waals surface area (Å²) in [6.45, 7) is -0.172. The highest BCUT2D eigenvalue weighted by atomic mass is 19.1. The Labute approximate surface area is 165 Å². The first kappa shape index (κ1) is 20.5. The predicted molar refractivity (Wildman–Crippen MR) is 96.6 cm³/mol. The fourth-order valence-corrected chi connectivity index (χ4v) is 3.07. The number of nitrogens with one attached hydrogen (secondary N) is 2. The molecule has 154 valence electrons. The largest absolute Gasteiger partial charge is 0.434 e. The maximum absolute atomic E-state index is 13.3. The minimum Gasteiger partial charge on any atom is -0.434 e. The summed E-state index contributed by atoms with van der Waals surface area (Å²) in [6.07, 6.45) is 2.04. The molecule has 0 aromatic heterocycles. The van der Waals surface area contributed by atoms with Gasteiger partial charge in [0, 0.05) is 12.1 Å². The van der Waals surface area contributed by atoms with E-state index in [0.29, 0.717) is 0 Å². The van der Waals surface area contributed by atoms with Crippen molar-refractivity contribution in [3.63, 3.8) is 0 Å². The fraction of sp³-hybridized carbons (Fsp3) is 0.368. The minimum absolute atomic E-state index is 0.0789. The second-order valence-electron chi connectivity index (χ2n) is 6.72. The monoisotopic (exact) mass is 405 g/mol. The number of hydrogen-bond acceptors (Lipinski definition) is 6. The van der Waals surface area contributed by atoms with Crippen LogP contribution < -0.4 is 10.6 Å². The number of hydrogen-bond donors (Lipinski definition) is 3. The average Bonchev–Trinajstić information content (AvgIpc) is 2.88. The fourth-order valence-electron chi connectivity index (χ4n) is 3.07. The number of cyclic esters (lactones) is 1. The molecule has 9 nitrogen and oxygen atoms in total. The predicted octanol–water partition coefficient (Wildman–Crippen LogP) is -0.537. The molecule has 1 saturated heterocycles. The number of nitrogens with zero attached hydrogens (tertiary/aromatic N) is 1. The van der Waals surface area contributed by atoms with Gasteiger partial charge in [0.05, 0.1) is 13.0 Å². The van der Waals surface area contributed by atoms with E-state index in [-0.39, 0.29) is 31.5 Å². The third-order valence-electron chi connectivity index (χ3n) is 4.53. The minimum atomic E-state index is -1.43. The van der Waals surface area contributed by atoms with E-state index >= 15 is 0 Å². The Morgan fingerprint density at radius 2 is 2.03 bits per heavy atom. The summed E-state index contributed by atoms with van der Waals surface area (Å²) in [6, 6.07) is 3.29. The van der Waals surface area contributed by atoms with E-state index in [4.69, 9.17) is 0 Å². The van der Waals surface area contributed by atoms with Crippen LogP contribution in [0.25, 0.3) is 0 Å². The molecule has 3 unspecified atom stereocenters. The first-order valence-electron chi connectivity index (χ1n) is 9.00. The van der Waals surface area contributed by atoms with Gasteiger partial charge < -0.3 is 25.4 Å². The quantitative estimate of drug-likeness (QED) is 0.447. The topological polar surface area (TPSA) is 125 Å². The van der Waals surface area contributed by atoms with Crippen molar-refractivity contribution < 1.29 is 33.4 Å². The lowest BCUT2D eigenvalue weighted by Gasteiger charge is -2.25. The number of amides is 3. The van der Waals surface area contributed by atoms with E-state index in [0.717, 1.165) is 6.07 Å². The molecule has 0 spiro atoms. The first-order valence-corrected chi connectivity index (χ1v) is 9.00. The molecule has 3 N–H and O–H groups in total. The molecule has 0 radical (unpaired) electrons. The lowest BCUT2D eigenvalue weighted by molar-refractivity contribution is -0.155. The summed E-state index contributed by atoms with van der Waals surface area (Å²) >= 11 is 0. The molecule has 0 aliphatic carbocycles. The standard InChI is InChI=1S/C19H20FN3O6/c20-12-5-3-4-11(8-12)17(26)22-13-6-1-2-7-23(18(13)27)10-15(24)21-14-9-16(25)29-19(14)28/h1-5,8,13-14,19,28H,6-7,9-10H2,(H,21,24)(H,22,26). The van der Waals surface area contributed by atoms with Gasteiger partial charge in [0.15, 0.2) is 0 Å². The summed E-state index contributed by atoms with van der Waals surface area (Å²) in [5, 5.41) is 14.6. The van der Waals surface area contributed by atoms with Crippen LogP contribution in [0.2, 0.25) is 0 Å². The van der Waals surface area contributed by atoms with Crippen molar-refractivity contribution in [2.75, 3.05) is 13.1 Å².